The van der Waals surface area contributed by atoms with E-state index >= 15 is 0 Å². The van der Waals surface area contributed by atoms with Crippen molar-refractivity contribution in [3.8, 4) is 22.6 Å². The summed E-state index contributed by atoms with van der Waals surface area (Å²) in [5.41, 5.74) is 2.55. The van der Waals surface area contributed by atoms with E-state index in [0.29, 0.717) is 22.4 Å². The lowest BCUT2D eigenvalue weighted by atomic mass is 10.0. The van der Waals surface area contributed by atoms with Crippen LogP contribution in [0.1, 0.15) is 15.9 Å². The first-order valence-corrected chi connectivity index (χ1v) is 6.55. The fraction of sp³-hybridized carbons (Fsp3) is 0. The summed E-state index contributed by atoms with van der Waals surface area (Å²) in [4.78, 5) is 22.9. The molecule has 3 aromatic rings. The molecule has 2 aromatic carbocycles. The average Bonchev–Trinajstić information content (AvgIpc) is 3.09. The van der Waals surface area contributed by atoms with Gasteiger partial charge in [0, 0.05) is 28.8 Å². The molecule has 4 rings (SSSR count). The molecule has 0 radical (unpaired) electrons. The van der Waals surface area contributed by atoms with Crippen LogP contribution in [0.4, 0.5) is 5.69 Å². The quantitative estimate of drug-likeness (QED) is 0.417. The highest BCUT2D eigenvalue weighted by Crippen LogP contribution is 2.41. The van der Waals surface area contributed by atoms with Crippen LogP contribution in [-0.2, 0) is 0 Å². The number of benzene rings is 2. The number of fused-ring (bicyclic) bond motifs is 3. The first-order valence-electron chi connectivity index (χ1n) is 6.55. The Morgan fingerprint density at radius 2 is 1.82 bits per heavy atom. The van der Waals surface area contributed by atoms with Gasteiger partial charge < -0.3 is 4.52 Å². The molecule has 0 amide bonds. The van der Waals surface area contributed by atoms with Gasteiger partial charge in [-0.1, -0.05) is 41.6 Å². The van der Waals surface area contributed by atoms with Gasteiger partial charge in [0.1, 0.15) is 5.69 Å². The molecule has 0 unspecified atom stereocenters. The van der Waals surface area contributed by atoms with Crippen LogP contribution in [0.2, 0.25) is 0 Å². The van der Waals surface area contributed by atoms with Crippen LogP contribution >= 0.6 is 0 Å². The fourth-order valence-corrected chi connectivity index (χ4v) is 2.66. The van der Waals surface area contributed by atoms with Gasteiger partial charge in [-0.25, -0.2) is 0 Å². The monoisotopic (exact) mass is 292 g/mol. The number of aromatic nitrogens is 1. The molecule has 0 fully saturated rings. The number of nitro benzene ring substituents is 1. The normalized spacial score (nSPS) is 12.1. The Hall–Kier alpha value is -3.28. The Bertz CT molecular complexity index is 943. The number of non-ortho nitro benzene ring substituents is 1. The molecule has 0 N–H and O–H groups in total. The van der Waals surface area contributed by atoms with Crippen molar-refractivity contribution >= 4 is 11.5 Å². The number of ketones is 1. The third-order valence-electron chi connectivity index (χ3n) is 3.67. The van der Waals surface area contributed by atoms with Gasteiger partial charge in [0.15, 0.2) is 11.5 Å². The fourth-order valence-electron chi connectivity index (χ4n) is 2.66. The maximum atomic E-state index is 12.5. The SMILES string of the molecule is O=C1c2ccccc2-c2noc(-c3cccc([N+](=O)[O-])c3)c21. The maximum Gasteiger partial charge on any atom is 0.270 e. The number of rotatable bonds is 2. The van der Waals surface area contributed by atoms with Gasteiger partial charge in [-0.3, -0.25) is 14.9 Å². The zero-order valence-corrected chi connectivity index (χ0v) is 11.1. The first-order chi connectivity index (χ1) is 10.7. The van der Waals surface area contributed by atoms with Gasteiger partial charge in [0.2, 0.25) is 0 Å². The predicted molar refractivity (Wildman–Crippen MR) is 77.5 cm³/mol. The van der Waals surface area contributed by atoms with E-state index in [1.807, 2.05) is 6.07 Å². The van der Waals surface area contributed by atoms with Crippen molar-refractivity contribution in [1.82, 2.24) is 5.16 Å². The Kier molecular flexibility index (Phi) is 2.47. The highest BCUT2D eigenvalue weighted by atomic mass is 16.6. The van der Waals surface area contributed by atoms with Gasteiger partial charge >= 0.3 is 0 Å². The van der Waals surface area contributed by atoms with Gasteiger partial charge in [0.05, 0.1) is 10.5 Å². The molecule has 0 bridgehead atoms. The molecular formula is C16H8N2O4. The van der Waals surface area contributed by atoms with Crippen LogP contribution < -0.4 is 0 Å². The van der Waals surface area contributed by atoms with E-state index in [2.05, 4.69) is 5.16 Å². The topological polar surface area (TPSA) is 86.2 Å². The molecule has 1 aromatic heterocycles. The summed E-state index contributed by atoms with van der Waals surface area (Å²) < 4.78 is 5.29. The van der Waals surface area contributed by atoms with E-state index in [1.54, 1.807) is 30.3 Å². The van der Waals surface area contributed by atoms with Crippen LogP contribution in [0.15, 0.2) is 53.1 Å². The number of carbonyl (C=O) groups is 1. The van der Waals surface area contributed by atoms with Crippen molar-refractivity contribution in [3.05, 3.63) is 69.8 Å². The zero-order chi connectivity index (χ0) is 15.3. The second-order valence-electron chi connectivity index (χ2n) is 4.92. The molecule has 1 heterocycles. The minimum absolute atomic E-state index is 0.0642. The summed E-state index contributed by atoms with van der Waals surface area (Å²) in [5.74, 6) is 0.0910. The Morgan fingerprint density at radius 3 is 2.59 bits per heavy atom. The number of nitro groups is 1. The predicted octanol–water partition coefficient (Wildman–Crippen LogP) is 3.46. The molecule has 6 heteroatoms. The summed E-state index contributed by atoms with van der Waals surface area (Å²) in [5, 5.41) is 14.9. The van der Waals surface area contributed by atoms with Gasteiger partial charge in [0.25, 0.3) is 5.69 Å². The molecule has 22 heavy (non-hydrogen) atoms. The smallest absolute Gasteiger partial charge is 0.270 e. The molecule has 0 atom stereocenters. The van der Waals surface area contributed by atoms with Gasteiger partial charge in [-0.05, 0) is 0 Å². The molecule has 106 valence electrons. The van der Waals surface area contributed by atoms with Crippen LogP contribution in [0.3, 0.4) is 0 Å². The second-order valence-corrected chi connectivity index (χ2v) is 4.92. The van der Waals surface area contributed by atoms with E-state index < -0.39 is 4.92 Å². The number of hydrogen-bond acceptors (Lipinski definition) is 5. The third-order valence-corrected chi connectivity index (χ3v) is 3.67. The van der Waals surface area contributed by atoms with E-state index in [0.717, 1.165) is 5.56 Å². The summed E-state index contributed by atoms with van der Waals surface area (Å²) in [6.07, 6.45) is 0. The van der Waals surface area contributed by atoms with Crippen molar-refractivity contribution in [3.63, 3.8) is 0 Å². The molecule has 1 aliphatic carbocycles. The Labute approximate surface area is 124 Å². The second kappa shape index (κ2) is 4.36. The molecule has 1 aliphatic rings. The lowest BCUT2D eigenvalue weighted by Gasteiger charge is -1.99. The van der Waals surface area contributed by atoms with E-state index in [9.17, 15) is 14.9 Å². The van der Waals surface area contributed by atoms with E-state index in [-0.39, 0.29) is 17.2 Å². The Morgan fingerprint density at radius 1 is 1.05 bits per heavy atom. The highest BCUT2D eigenvalue weighted by molar-refractivity contribution is 6.23. The number of carbonyl (C=O) groups excluding carboxylic acids is 1. The largest absolute Gasteiger partial charge is 0.355 e. The molecule has 0 spiro atoms. The minimum Gasteiger partial charge on any atom is -0.355 e. The van der Waals surface area contributed by atoms with Gasteiger partial charge in [-0.2, -0.15) is 0 Å². The molecule has 0 saturated carbocycles. The molecule has 6 nitrogen and oxygen atoms in total. The van der Waals surface area contributed by atoms with Crippen LogP contribution in [0.5, 0.6) is 0 Å². The van der Waals surface area contributed by atoms with E-state index in [4.69, 9.17) is 4.52 Å². The lowest BCUT2D eigenvalue weighted by molar-refractivity contribution is -0.384. The summed E-state index contributed by atoms with van der Waals surface area (Å²) in [6, 6.07) is 13.1. The summed E-state index contributed by atoms with van der Waals surface area (Å²) in [6.45, 7) is 0. The van der Waals surface area contributed by atoms with Crippen LogP contribution in [0, 0.1) is 10.1 Å². The Balaban J connectivity index is 1.91. The number of nitrogens with zero attached hydrogens (tertiary/aromatic N) is 2. The highest BCUT2D eigenvalue weighted by Gasteiger charge is 2.34. The van der Waals surface area contributed by atoms with Crippen molar-refractivity contribution in [1.29, 1.82) is 0 Å². The molecular weight excluding hydrogens is 284 g/mol. The standard InChI is InChI=1S/C16H8N2O4/c19-15-12-7-2-1-6-11(12)14-13(15)16(22-17-14)9-4-3-5-10(8-9)18(20)21/h1-8H. The maximum absolute atomic E-state index is 12.5. The number of hydrogen-bond donors (Lipinski definition) is 0. The van der Waals surface area contributed by atoms with Crippen molar-refractivity contribution in [2.45, 2.75) is 0 Å². The van der Waals surface area contributed by atoms with Crippen molar-refractivity contribution in [2.24, 2.45) is 0 Å². The lowest BCUT2D eigenvalue weighted by Crippen LogP contribution is -1.96. The molecule has 0 saturated heterocycles. The minimum atomic E-state index is -0.489. The summed E-state index contributed by atoms with van der Waals surface area (Å²) in [7, 11) is 0. The van der Waals surface area contributed by atoms with E-state index in [1.165, 1.54) is 12.1 Å². The van der Waals surface area contributed by atoms with Crippen LogP contribution in [-0.4, -0.2) is 15.9 Å². The average molecular weight is 292 g/mol. The third kappa shape index (κ3) is 1.61. The zero-order valence-electron chi connectivity index (χ0n) is 11.1. The van der Waals surface area contributed by atoms with Crippen molar-refractivity contribution in [2.75, 3.05) is 0 Å². The van der Waals surface area contributed by atoms with Crippen molar-refractivity contribution < 1.29 is 14.2 Å². The van der Waals surface area contributed by atoms with Gasteiger partial charge in [-0.15, -0.1) is 0 Å². The first kappa shape index (κ1) is 12.5. The molecule has 0 aliphatic heterocycles. The van der Waals surface area contributed by atoms with Crippen LogP contribution in [0.25, 0.3) is 22.6 Å². The summed E-state index contributed by atoms with van der Waals surface area (Å²) >= 11 is 0.